The van der Waals surface area contributed by atoms with E-state index in [0.29, 0.717) is 0 Å². The van der Waals surface area contributed by atoms with Crippen LogP contribution >= 0.6 is 0 Å². The monoisotopic (exact) mass is 499 g/mol. The predicted molar refractivity (Wildman–Crippen MR) is 166 cm³/mol. The molecule has 0 aliphatic carbocycles. The van der Waals surface area contributed by atoms with Gasteiger partial charge in [-0.3, -0.25) is 0 Å². The molecule has 8 aromatic rings. The van der Waals surface area contributed by atoms with Gasteiger partial charge in [-0.25, -0.2) is 0 Å². The fourth-order valence-electron chi connectivity index (χ4n) is 6.03. The number of aryl methyl sites for hydroxylation is 1. The largest absolute Gasteiger partial charge is 0.455 e. The fourth-order valence-corrected chi connectivity index (χ4v) is 6.03. The topological polar surface area (TPSA) is 16.4 Å². The van der Waals surface area contributed by atoms with Crippen molar-refractivity contribution in [2.24, 2.45) is 0 Å². The van der Waals surface area contributed by atoms with Crippen LogP contribution in [-0.2, 0) is 0 Å². The number of anilines is 3. The molecule has 0 N–H and O–H groups in total. The molecule has 0 spiro atoms. The summed E-state index contributed by atoms with van der Waals surface area (Å²) in [5.74, 6) is 0. The van der Waals surface area contributed by atoms with Gasteiger partial charge in [0.15, 0.2) is 0 Å². The minimum atomic E-state index is 0.939. The third kappa shape index (κ3) is 3.42. The Labute approximate surface area is 226 Å². The minimum absolute atomic E-state index is 0.939. The lowest BCUT2D eigenvalue weighted by molar-refractivity contribution is 0.672. The van der Waals surface area contributed by atoms with Crippen LogP contribution < -0.4 is 4.90 Å². The van der Waals surface area contributed by atoms with Gasteiger partial charge in [-0.05, 0) is 87.9 Å². The molecule has 0 unspecified atom stereocenters. The Morgan fingerprint density at radius 2 is 1.15 bits per heavy atom. The number of benzene rings is 7. The molecule has 184 valence electrons. The van der Waals surface area contributed by atoms with Crippen molar-refractivity contribution >= 4 is 71.3 Å². The van der Waals surface area contributed by atoms with E-state index in [1.165, 1.54) is 43.3 Å². The highest BCUT2D eigenvalue weighted by molar-refractivity contribution is 6.30. The smallest absolute Gasteiger partial charge is 0.143 e. The summed E-state index contributed by atoms with van der Waals surface area (Å²) in [5.41, 5.74) is 6.45. The molecule has 0 aliphatic heterocycles. The second kappa shape index (κ2) is 8.47. The van der Waals surface area contributed by atoms with Crippen molar-refractivity contribution in [1.82, 2.24) is 0 Å². The molecule has 0 bridgehead atoms. The molecule has 0 saturated heterocycles. The maximum Gasteiger partial charge on any atom is 0.143 e. The normalized spacial score (nSPS) is 11.7. The van der Waals surface area contributed by atoms with Gasteiger partial charge in [0.2, 0.25) is 0 Å². The van der Waals surface area contributed by atoms with Crippen LogP contribution in [0.4, 0.5) is 17.1 Å². The van der Waals surface area contributed by atoms with Gasteiger partial charge in [-0.2, -0.15) is 0 Å². The van der Waals surface area contributed by atoms with Gasteiger partial charge in [-0.1, -0.05) is 84.9 Å². The summed E-state index contributed by atoms with van der Waals surface area (Å²) in [4.78, 5) is 2.34. The molecule has 2 heteroatoms. The van der Waals surface area contributed by atoms with Gasteiger partial charge in [0.1, 0.15) is 11.2 Å². The van der Waals surface area contributed by atoms with Gasteiger partial charge in [-0.15, -0.1) is 0 Å². The van der Waals surface area contributed by atoms with E-state index in [1.54, 1.807) is 0 Å². The van der Waals surface area contributed by atoms with Crippen molar-refractivity contribution in [2.75, 3.05) is 4.90 Å². The summed E-state index contributed by atoms with van der Waals surface area (Å²) in [6.45, 7) is 2.11. The highest BCUT2D eigenvalue weighted by Gasteiger charge is 2.18. The highest BCUT2D eigenvalue weighted by Crippen LogP contribution is 2.44. The zero-order chi connectivity index (χ0) is 25.9. The predicted octanol–water partition coefficient (Wildman–Crippen LogP) is 10.8. The average Bonchev–Trinajstić information content (AvgIpc) is 3.37. The van der Waals surface area contributed by atoms with Crippen LogP contribution in [0.15, 0.2) is 138 Å². The van der Waals surface area contributed by atoms with Gasteiger partial charge in [0.05, 0.1) is 0 Å². The lowest BCUT2D eigenvalue weighted by Gasteiger charge is -2.26. The van der Waals surface area contributed by atoms with Crippen molar-refractivity contribution in [2.45, 2.75) is 6.92 Å². The molecular weight excluding hydrogens is 474 g/mol. The van der Waals surface area contributed by atoms with E-state index >= 15 is 0 Å². The van der Waals surface area contributed by atoms with E-state index in [9.17, 15) is 0 Å². The summed E-state index contributed by atoms with van der Waals surface area (Å²) in [6, 6.07) is 47.8. The van der Waals surface area contributed by atoms with Gasteiger partial charge < -0.3 is 9.32 Å². The summed E-state index contributed by atoms with van der Waals surface area (Å²) in [7, 11) is 0. The fraction of sp³-hybridized carbons (Fsp3) is 0.0270. The Hall–Kier alpha value is -5.08. The van der Waals surface area contributed by atoms with E-state index in [4.69, 9.17) is 4.42 Å². The first-order valence-corrected chi connectivity index (χ1v) is 13.4. The lowest BCUT2D eigenvalue weighted by atomic mass is 9.96. The average molecular weight is 500 g/mol. The Morgan fingerprint density at radius 3 is 2.03 bits per heavy atom. The third-order valence-corrected chi connectivity index (χ3v) is 7.84. The lowest BCUT2D eigenvalue weighted by Crippen LogP contribution is -2.09. The first-order chi connectivity index (χ1) is 19.2. The molecule has 0 aliphatic rings. The zero-order valence-corrected chi connectivity index (χ0v) is 21.6. The minimum Gasteiger partial charge on any atom is -0.455 e. The van der Waals surface area contributed by atoms with Crippen LogP contribution in [0.25, 0.3) is 54.3 Å². The van der Waals surface area contributed by atoms with Crippen molar-refractivity contribution in [1.29, 1.82) is 0 Å². The summed E-state index contributed by atoms with van der Waals surface area (Å²) < 4.78 is 6.56. The number of hydrogen-bond donors (Lipinski definition) is 0. The Balaban J connectivity index is 1.43. The number of furan rings is 1. The van der Waals surface area contributed by atoms with Crippen LogP contribution in [0.2, 0.25) is 0 Å². The van der Waals surface area contributed by atoms with E-state index in [1.807, 2.05) is 0 Å². The summed E-state index contributed by atoms with van der Waals surface area (Å²) in [5, 5.41) is 9.59. The van der Waals surface area contributed by atoms with E-state index in [-0.39, 0.29) is 0 Å². The molecule has 0 atom stereocenters. The molecule has 0 saturated carbocycles. The molecule has 2 nitrogen and oxygen atoms in total. The number of para-hydroxylation sites is 1. The summed E-state index contributed by atoms with van der Waals surface area (Å²) >= 11 is 0. The van der Waals surface area contributed by atoms with Crippen molar-refractivity contribution < 1.29 is 4.42 Å². The molecule has 1 aromatic heterocycles. The summed E-state index contributed by atoms with van der Waals surface area (Å²) in [6.07, 6.45) is 0. The number of hydrogen-bond acceptors (Lipinski definition) is 2. The molecular formula is C37H25NO. The molecule has 0 fully saturated rings. The van der Waals surface area contributed by atoms with Crippen molar-refractivity contribution in [3.8, 4) is 0 Å². The number of rotatable bonds is 3. The highest BCUT2D eigenvalue weighted by atomic mass is 16.3. The molecule has 39 heavy (non-hydrogen) atoms. The standard InChI is InChI=1S/C37H25NO/c1-24-15-19-33-35(21-24)39-37-32-20-18-29(23-34(32)30-13-7-8-14-31(30)36(33)37)38(27-11-3-2-4-12-27)28-17-16-25-9-5-6-10-26(25)22-28/h2-23H,1H3. The van der Waals surface area contributed by atoms with E-state index in [0.717, 1.165) is 33.6 Å². The van der Waals surface area contributed by atoms with Crippen molar-refractivity contribution in [3.05, 3.63) is 139 Å². The van der Waals surface area contributed by atoms with E-state index < -0.39 is 0 Å². The Bertz CT molecular complexity index is 2190. The van der Waals surface area contributed by atoms with Gasteiger partial charge in [0.25, 0.3) is 0 Å². The van der Waals surface area contributed by atoms with Crippen LogP contribution in [0.3, 0.4) is 0 Å². The Kier molecular flexibility index (Phi) is 4.77. The molecule has 0 amide bonds. The van der Waals surface area contributed by atoms with Crippen LogP contribution in [-0.4, -0.2) is 0 Å². The first kappa shape index (κ1) is 22.0. The van der Waals surface area contributed by atoms with Gasteiger partial charge in [0, 0.05) is 33.2 Å². The zero-order valence-electron chi connectivity index (χ0n) is 21.6. The maximum absolute atomic E-state index is 6.56. The van der Waals surface area contributed by atoms with Crippen LogP contribution in [0.1, 0.15) is 5.56 Å². The third-order valence-electron chi connectivity index (χ3n) is 7.84. The maximum atomic E-state index is 6.56. The second-order valence-electron chi connectivity index (χ2n) is 10.3. The van der Waals surface area contributed by atoms with E-state index in [2.05, 4.69) is 145 Å². The first-order valence-electron chi connectivity index (χ1n) is 13.4. The number of fused-ring (bicyclic) bond motifs is 9. The molecule has 0 radical (unpaired) electrons. The molecule has 7 aromatic carbocycles. The Morgan fingerprint density at radius 1 is 0.462 bits per heavy atom. The van der Waals surface area contributed by atoms with Crippen molar-refractivity contribution in [3.63, 3.8) is 0 Å². The quantitative estimate of drug-likeness (QED) is 0.225. The second-order valence-corrected chi connectivity index (χ2v) is 10.3. The van der Waals surface area contributed by atoms with Crippen LogP contribution in [0.5, 0.6) is 0 Å². The molecule has 8 rings (SSSR count). The van der Waals surface area contributed by atoms with Crippen LogP contribution in [0, 0.1) is 6.92 Å². The SMILES string of the molecule is Cc1ccc2c(c1)oc1c3ccc(N(c4ccccc4)c4ccc5ccccc5c4)cc3c3ccccc3c21. The number of nitrogens with zero attached hydrogens (tertiary/aromatic N) is 1. The van der Waals surface area contributed by atoms with Gasteiger partial charge >= 0.3 is 0 Å². The molecule has 1 heterocycles.